The van der Waals surface area contributed by atoms with Crippen molar-refractivity contribution in [3.8, 4) is 0 Å². The van der Waals surface area contributed by atoms with Crippen LogP contribution in [0.4, 0.5) is 0 Å². The second kappa shape index (κ2) is 8.33. The number of likely N-dealkylation sites (N-methyl/N-ethyl adjacent to an activating group) is 1. The maximum absolute atomic E-state index is 13.7. The molecule has 1 spiro atoms. The maximum atomic E-state index is 13.7. The fourth-order valence-corrected chi connectivity index (χ4v) is 5.91. The summed E-state index contributed by atoms with van der Waals surface area (Å²) in [5.74, 6) is 0.729. The number of hydrogen-bond acceptors (Lipinski definition) is 5. The second-order valence-corrected chi connectivity index (χ2v) is 10.4. The number of amides is 2. The standard InChI is InChI=1S/C21H36ClN5O2/c1-15(2)26-13-19(28)27(11-16-4-6-17(22)7-5-16)21(20(26)29)8-9-25(14-21)18-10-23-24(3)12-18/h15-18,23H,4-14H2,1-3H3. The van der Waals surface area contributed by atoms with Crippen LogP contribution >= 0.6 is 11.6 Å². The number of nitrogens with one attached hydrogen (secondary N) is 1. The molecule has 0 aromatic rings. The molecule has 1 saturated carbocycles. The Labute approximate surface area is 179 Å². The third-order valence-electron chi connectivity index (χ3n) is 7.50. The summed E-state index contributed by atoms with van der Waals surface area (Å²) in [5, 5.41) is 2.39. The SMILES string of the molecule is CC(C)N1CC(=O)N(CC2CCC(Cl)CC2)C2(CCN(C3CNN(C)C3)C2)C1=O. The predicted octanol–water partition coefficient (Wildman–Crippen LogP) is 1.13. The minimum Gasteiger partial charge on any atom is -0.329 e. The van der Waals surface area contributed by atoms with E-state index in [1.165, 1.54) is 0 Å². The summed E-state index contributed by atoms with van der Waals surface area (Å²) in [6, 6.07) is 0.440. The molecule has 3 heterocycles. The Bertz CT molecular complexity index is 639. The van der Waals surface area contributed by atoms with Crippen LogP contribution in [0.1, 0.15) is 46.0 Å². The van der Waals surface area contributed by atoms with Crippen molar-refractivity contribution in [1.82, 2.24) is 25.1 Å². The summed E-state index contributed by atoms with van der Waals surface area (Å²) < 4.78 is 0. The number of hydrazine groups is 1. The van der Waals surface area contributed by atoms with Crippen LogP contribution in [0, 0.1) is 5.92 Å². The van der Waals surface area contributed by atoms with Gasteiger partial charge in [0.15, 0.2) is 0 Å². The number of piperazine rings is 1. The van der Waals surface area contributed by atoms with Crippen LogP contribution in [0.5, 0.6) is 0 Å². The van der Waals surface area contributed by atoms with Crippen molar-refractivity contribution in [1.29, 1.82) is 0 Å². The monoisotopic (exact) mass is 425 g/mol. The fourth-order valence-electron chi connectivity index (χ4n) is 5.66. The summed E-state index contributed by atoms with van der Waals surface area (Å²) in [4.78, 5) is 33.2. The molecule has 3 saturated heterocycles. The summed E-state index contributed by atoms with van der Waals surface area (Å²) in [6.07, 6.45) is 4.87. The van der Waals surface area contributed by atoms with E-state index >= 15 is 0 Å². The van der Waals surface area contributed by atoms with Gasteiger partial charge in [-0.05, 0) is 51.9 Å². The van der Waals surface area contributed by atoms with Crippen molar-refractivity contribution in [2.24, 2.45) is 5.92 Å². The van der Waals surface area contributed by atoms with Crippen LogP contribution in [0.2, 0.25) is 0 Å². The van der Waals surface area contributed by atoms with Crippen molar-refractivity contribution < 1.29 is 9.59 Å². The molecule has 8 heteroatoms. The zero-order valence-corrected chi connectivity index (χ0v) is 18.8. The number of halogens is 1. The van der Waals surface area contributed by atoms with Gasteiger partial charge in [-0.3, -0.25) is 19.9 Å². The number of carbonyl (C=O) groups excluding carboxylic acids is 2. The Morgan fingerprint density at radius 2 is 1.93 bits per heavy atom. The lowest BCUT2D eigenvalue weighted by molar-refractivity contribution is -0.167. The second-order valence-electron chi connectivity index (χ2n) is 9.80. The predicted molar refractivity (Wildman–Crippen MR) is 114 cm³/mol. The summed E-state index contributed by atoms with van der Waals surface area (Å²) in [6.45, 7) is 8.33. The number of likely N-dealkylation sites (tertiary alicyclic amines) is 1. The average molecular weight is 426 g/mol. The molecule has 4 rings (SSSR count). The van der Waals surface area contributed by atoms with Crippen molar-refractivity contribution in [3.05, 3.63) is 0 Å². The molecule has 4 fully saturated rings. The van der Waals surface area contributed by atoms with E-state index in [9.17, 15) is 9.59 Å². The molecule has 0 radical (unpaired) electrons. The van der Waals surface area contributed by atoms with E-state index in [0.717, 1.165) is 51.7 Å². The molecule has 2 unspecified atom stereocenters. The molecule has 4 aliphatic rings. The zero-order chi connectivity index (χ0) is 20.8. The van der Waals surface area contributed by atoms with E-state index in [-0.39, 0.29) is 29.8 Å². The van der Waals surface area contributed by atoms with Gasteiger partial charge < -0.3 is 9.80 Å². The van der Waals surface area contributed by atoms with E-state index in [2.05, 4.69) is 22.4 Å². The van der Waals surface area contributed by atoms with Gasteiger partial charge in [-0.15, -0.1) is 11.6 Å². The number of alkyl halides is 1. The van der Waals surface area contributed by atoms with Crippen molar-refractivity contribution in [3.63, 3.8) is 0 Å². The normalized spacial score (nSPS) is 37.5. The molecule has 0 aromatic heterocycles. The highest BCUT2D eigenvalue weighted by Gasteiger charge is 2.57. The van der Waals surface area contributed by atoms with E-state index in [0.29, 0.717) is 25.0 Å². The zero-order valence-electron chi connectivity index (χ0n) is 18.1. The molecule has 1 aliphatic carbocycles. The van der Waals surface area contributed by atoms with Gasteiger partial charge in [0.25, 0.3) is 5.91 Å². The Morgan fingerprint density at radius 3 is 2.55 bits per heavy atom. The lowest BCUT2D eigenvalue weighted by atomic mass is 9.84. The van der Waals surface area contributed by atoms with Crippen LogP contribution in [-0.4, -0.2) is 101 Å². The highest BCUT2D eigenvalue weighted by molar-refractivity contribution is 6.20. The lowest BCUT2D eigenvalue weighted by Gasteiger charge is -2.50. The summed E-state index contributed by atoms with van der Waals surface area (Å²) in [5.41, 5.74) is 2.67. The Morgan fingerprint density at radius 1 is 1.21 bits per heavy atom. The van der Waals surface area contributed by atoms with E-state index in [1.807, 2.05) is 18.7 Å². The minimum atomic E-state index is -0.696. The molecular weight excluding hydrogens is 390 g/mol. The van der Waals surface area contributed by atoms with Gasteiger partial charge in [0, 0.05) is 57.2 Å². The largest absolute Gasteiger partial charge is 0.329 e. The van der Waals surface area contributed by atoms with E-state index < -0.39 is 5.54 Å². The topological polar surface area (TPSA) is 59.1 Å². The molecule has 29 heavy (non-hydrogen) atoms. The highest BCUT2D eigenvalue weighted by Crippen LogP contribution is 2.38. The first-order valence-corrected chi connectivity index (χ1v) is 11.7. The van der Waals surface area contributed by atoms with Crippen molar-refractivity contribution in [2.75, 3.05) is 46.3 Å². The smallest absolute Gasteiger partial charge is 0.250 e. The van der Waals surface area contributed by atoms with Gasteiger partial charge in [-0.2, -0.15) is 0 Å². The summed E-state index contributed by atoms with van der Waals surface area (Å²) >= 11 is 6.30. The lowest BCUT2D eigenvalue weighted by Crippen LogP contribution is -2.71. The van der Waals surface area contributed by atoms with Gasteiger partial charge >= 0.3 is 0 Å². The molecular formula is C21H36ClN5O2. The molecule has 0 bridgehead atoms. The van der Waals surface area contributed by atoms with E-state index in [4.69, 9.17) is 11.6 Å². The highest BCUT2D eigenvalue weighted by atomic mass is 35.5. The van der Waals surface area contributed by atoms with Gasteiger partial charge in [0.1, 0.15) is 12.1 Å². The minimum absolute atomic E-state index is 0.0468. The third-order valence-corrected chi connectivity index (χ3v) is 7.93. The summed E-state index contributed by atoms with van der Waals surface area (Å²) in [7, 11) is 2.06. The first-order chi connectivity index (χ1) is 13.8. The molecule has 164 valence electrons. The van der Waals surface area contributed by atoms with Crippen LogP contribution < -0.4 is 5.43 Å². The first-order valence-electron chi connectivity index (χ1n) is 11.2. The quantitative estimate of drug-likeness (QED) is 0.684. The number of rotatable bonds is 4. The van der Waals surface area contributed by atoms with Crippen LogP contribution in [0.25, 0.3) is 0 Å². The molecule has 1 N–H and O–H groups in total. The number of nitrogens with zero attached hydrogens (tertiary/aromatic N) is 4. The van der Waals surface area contributed by atoms with Crippen LogP contribution in [-0.2, 0) is 9.59 Å². The fraction of sp³-hybridized carbons (Fsp3) is 0.905. The van der Waals surface area contributed by atoms with Gasteiger partial charge in [-0.1, -0.05) is 0 Å². The Kier molecular flexibility index (Phi) is 6.13. The molecule has 3 aliphatic heterocycles. The molecule has 2 amide bonds. The maximum Gasteiger partial charge on any atom is 0.250 e. The number of hydrogen-bond donors (Lipinski definition) is 1. The van der Waals surface area contributed by atoms with Crippen LogP contribution in [0.15, 0.2) is 0 Å². The van der Waals surface area contributed by atoms with Crippen molar-refractivity contribution >= 4 is 23.4 Å². The Balaban J connectivity index is 1.56. The number of carbonyl (C=O) groups is 2. The van der Waals surface area contributed by atoms with E-state index in [1.54, 1.807) is 4.90 Å². The first kappa shape index (κ1) is 21.3. The van der Waals surface area contributed by atoms with Gasteiger partial charge in [0.2, 0.25) is 5.91 Å². The molecule has 2 atom stereocenters. The van der Waals surface area contributed by atoms with Crippen molar-refractivity contribution in [2.45, 2.75) is 69.0 Å². The van der Waals surface area contributed by atoms with Gasteiger partial charge in [-0.25, -0.2) is 5.01 Å². The molecule has 0 aromatic carbocycles. The average Bonchev–Trinajstić information content (AvgIpc) is 3.31. The van der Waals surface area contributed by atoms with Crippen LogP contribution in [0.3, 0.4) is 0 Å². The Hall–Kier alpha value is -0.890. The van der Waals surface area contributed by atoms with Gasteiger partial charge in [0.05, 0.1) is 0 Å². The molecule has 7 nitrogen and oxygen atoms in total. The third kappa shape index (κ3) is 4.03.